The summed E-state index contributed by atoms with van der Waals surface area (Å²) in [4.78, 5) is 4.46. The monoisotopic (exact) mass is 487 g/mol. The van der Waals surface area contributed by atoms with Crippen LogP contribution in [0.5, 0.6) is 5.75 Å². The van der Waals surface area contributed by atoms with Crippen LogP contribution in [0.1, 0.15) is 25.0 Å². The summed E-state index contributed by atoms with van der Waals surface area (Å²) in [6.07, 6.45) is 0.0135. The first-order valence-corrected chi connectivity index (χ1v) is 8.82. The van der Waals surface area contributed by atoms with Gasteiger partial charge >= 0.3 is 0 Å². The Balaban J connectivity index is 0.00000364. The van der Waals surface area contributed by atoms with Crippen LogP contribution in [0.2, 0.25) is 0 Å². The molecule has 0 aliphatic carbocycles. The summed E-state index contributed by atoms with van der Waals surface area (Å²) in [7, 11) is 0. The maximum atomic E-state index is 13.1. The first-order valence-electron chi connectivity index (χ1n) is 8.82. The van der Waals surface area contributed by atoms with Gasteiger partial charge in [0.15, 0.2) is 5.96 Å². The molecule has 1 unspecified atom stereocenters. The molecule has 2 aromatic rings. The van der Waals surface area contributed by atoms with E-state index in [1.807, 2.05) is 37.3 Å². The molecule has 5 nitrogen and oxygen atoms in total. The summed E-state index contributed by atoms with van der Waals surface area (Å²) in [5.41, 5.74) is 0.893. The number of guanidine groups is 1. The molecule has 0 aliphatic heterocycles. The van der Waals surface area contributed by atoms with Crippen LogP contribution in [0, 0.1) is 5.82 Å². The van der Waals surface area contributed by atoms with Crippen molar-refractivity contribution < 1.29 is 14.2 Å². The summed E-state index contributed by atoms with van der Waals surface area (Å²) in [5, 5.41) is 16.5. The number of ether oxygens (including phenoxy) is 1. The van der Waals surface area contributed by atoms with Crippen molar-refractivity contribution in [2.24, 2.45) is 4.99 Å². The number of nitrogens with zero attached hydrogens (tertiary/aromatic N) is 1. The van der Waals surface area contributed by atoms with E-state index in [4.69, 9.17) is 4.74 Å². The molecule has 0 spiro atoms. The van der Waals surface area contributed by atoms with Crippen LogP contribution >= 0.6 is 24.0 Å². The highest BCUT2D eigenvalue weighted by Crippen LogP contribution is 2.15. The second-order valence-corrected chi connectivity index (χ2v) is 5.71. The molecule has 0 saturated carbocycles. The van der Waals surface area contributed by atoms with Crippen molar-refractivity contribution in [3.05, 3.63) is 66.0 Å². The number of hydrogen-bond acceptors (Lipinski definition) is 3. The second kappa shape index (κ2) is 13.3. The third kappa shape index (κ3) is 9.05. The van der Waals surface area contributed by atoms with E-state index in [1.54, 1.807) is 12.1 Å². The van der Waals surface area contributed by atoms with Gasteiger partial charge in [-0.2, -0.15) is 0 Å². The highest BCUT2D eigenvalue weighted by molar-refractivity contribution is 14.0. The van der Waals surface area contributed by atoms with Crippen LogP contribution in [0.15, 0.2) is 59.6 Å². The van der Waals surface area contributed by atoms with Gasteiger partial charge in [0.1, 0.15) is 18.2 Å². The lowest BCUT2D eigenvalue weighted by molar-refractivity contribution is 0.170. The summed E-state index contributed by atoms with van der Waals surface area (Å²) >= 11 is 0. The highest BCUT2D eigenvalue weighted by atomic mass is 127. The molecule has 0 amide bonds. The minimum absolute atomic E-state index is 0. The molecule has 2 aromatic carbocycles. The molecule has 27 heavy (non-hydrogen) atoms. The molecule has 0 heterocycles. The van der Waals surface area contributed by atoms with E-state index in [1.165, 1.54) is 12.1 Å². The predicted octanol–water partition coefficient (Wildman–Crippen LogP) is 3.50. The van der Waals surface area contributed by atoms with Gasteiger partial charge in [0, 0.05) is 19.2 Å². The fraction of sp³-hybridized carbons (Fsp3) is 0.350. The van der Waals surface area contributed by atoms with E-state index >= 15 is 0 Å². The minimum Gasteiger partial charge on any atom is -0.492 e. The van der Waals surface area contributed by atoms with Crippen molar-refractivity contribution in [2.45, 2.75) is 19.4 Å². The largest absolute Gasteiger partial charge is 0.492 e. The number of aliphatic hydroxyl groups excluding tert-OH is 1. The van der Waals surface area contributed by atoms with Crippen LogP contribution in [-0.2, 0) is 0 Å². The van der Waals surface area contributed by atoms with Gasteiger partial charge in [0.2, 0.25) is 0 Å². The summed E-state index contributed by atoms with van der Waals surface area (Å²) in [6.45, 7) is 4.14. The van der Waals surface area contributed by atoms with E-state index in [2.05, 4.69) is 15.6 Å². The smallest absolute Gasteiger partial charge is 0.191 e. The molecule has 2 rings (SSSR count). The van der Waals surface area contributed by atoms with Crippen molar-refractivity contribution in [2.75, 3.05) is 26.2 Å². The van der Waals surface area contributed by atoms with Crippen molar-refractivity contribution in [1.82, 2.24) is 10.6 Å². The van der Waals surface area contributed by atoms with E-state index in [0.29, 0.717) is 37.8 Å². The molecule has 0 fully saturated rings. The van der Waals surface area contributed by atoms with E-state index in [0.717, 1.165) is 12.1 Å². The van der Waals surface area contributed by atoms with Gasteiger partial charge in [-0.15, -0.1) is 24.0 Å². The van der Waals surface area contributed by atoms with Crippen molar-refractivity contribution in [3.63, 3.8) is 0 Å². The Bertz CT molecular complexity index is 686. The summed E-state index contributed by atoms with van der Waals surface area (Å²) in [6, 6.07) is 15.6. The van der Waals surface area contributed by atoms with Crippen LogP contribution in [0.25, 0.3) is 0 Å². The Kier molecular flexibility index (Phi) is 11.4. The SMILES string of the molecule is CCNC(=NCCC(O)c1ccccc1)NCCOc1cccc(F)c1.I. The third-order valence-corrected chi connectivity index (χ3v) is 3.66. The first kappa shape index (κ1) is 23.2. The molecule has 1 atom stereocenters. The Morgan fingerprint density at radius 2 is 1.93 bits per heavy atom. The second-order valence-electron chi connectivity index (χ2n) is 5.71. The Hall–Kier alpha value is -1.87. The average Bonchev–Trinajstić information content (AvgIpc) is 2.66. The molecular formula is C20H27FIN3O2. The zero-order chi connectivity index (χ0) is 18.6. The maximum absolute atomic E-state index is 13.1. The van der Waals surface area contributed by atoms with E-state index < -0.39 is 6.10 Å². The molecule has 3 N–H and O–H groups in total. The Morgan fingerprint density at radius 3 is 2.63 bits per heavy atom. The highest BCUT2D eigenvalue weighted by Gasteiger charge is 2.06. The zero-order valence-electron chi connectivity index (χ0n) is 15.4. The van der Waals surface area contributed by atoms with Crippen LogP contribution in [0.4, 0.5) is 4.39 Å². The Labute approximate surface area is 177 Å². The number of benzene rings is 2. The van der Waals surface area contributed by atoms with Gasteiger partial charge in [-0.25, -0.2) is 4.39 Å². The molecule has 0 aliphatic rings. The average molecular weight is 487 g/mol. The molecule has 0 aromatic heterocycles. The normalized spacial score (nSPS) is 12.0. The topological polar surface area (TPSA) is 65.9 Å². The number of hydrogen-bond donors (Lipinski definition) is 3. The van der Waals surface area contributed by atoms with Gasteiger partial charge in [-0.1, -0.05) is 36.4 Å². The fourth-order valence-electron chi connectivity index (χ4n) is 2.38. The number of nitrogens with one attached hydrogen (secondary N) is 2. The molecule has 0 bridgehead atoms. The minimum atomic E-state index is -0.529. The standard InChI is InChI=1S/C20H26FN3O2.HI/c1-2-22-20(23-12-11-19(25)16-7-4-3-5-8-16)24-13-14-26-18-10-6-9-17(21)15-18;/h3-10,15,19,25H,2,11-14H2,1H3,(H2,22,23,24);1H. The maximum Gasteiger partial charge on any atom is 0.191 e. The van der Waals surface area contributed by atoms with Crippen LogP contribution in [0.3, 0.4) is 0 Å². The van der Waals surface area contributed by atoms with Crippen molar-refractivity contribution in [3.8, 4) is 5.75 Å². The van der Waals surface area contributed by atoms with Crippen LogP contribution in [-0.4, -0.2) is 37.3 Å². The molecule has 148 valence electrons. The zero-order valence-corrected chi connectivity index (χ0v) is 17.7. The first-order chi connectivity index (χ1) is 12.7. The lowest BCUT2D eigenvalue weighted by Crippen LogP contribution is -2.39. The van der Waals surface area contributed by atoms with Crippen molar-refractivity contribution in [1.29, 1.82) is 0 Å². The number of halogens is 2. The quantitative estimate of drug-likeness (QED) is 0.219. The van der Waals surface area contributed by atoms with Gasteiger partial charge in [-0.3, -0.25) is 4.99 Å². The third-order valence-electron chi connectivity index (χ3n) is 3.66. The van der Waals surface area contributed by atoms with Gasteiger partial charge in [-0.05, 0) is 31.0 Å². The Morgan fingerprint density at radius 1 is 1.15 bits per heavy atom. The van der Waals surface area contributed by atoms with Gasteiger partial charge in [0.25, 0.3) is 0 Å². The van der Waals surface area contributed by atoms with E-state index in [9.17, 15) is 9.50 Å². The van der Waals surface area contributed by atoms with Gasteiger partial charge in [0.05, 0.1) is 12.6 Å². The molecule has 7 heteroatoms. The van der Waals surface area contributed by atoms with Crippen LogP contribution < -0.4 is 15.4 Å². The predicted molar refractivity (Wildman–Crippen MR) is 117 cm³/mol. The fourth-order valence-corrected chi connectivity index (χ4v) is 2.38. The number of aliphatic imine (C=N–C) groups is 1. The molecular weight excluding hydrogens is 460 g/mol. The van der Waals surface area contributed by atoms with Crippen molar-refractivity contribution >= 4 is 29.9 Å². The summed E-state index contributed by atoms with van der Waals surface area (Å²) < 4.78 is 18.6. The van der Waals surface area contributed by atoms with E-state index in [-0.39, 0.29) is 29.8 Å². The van der Waals surface area contributed by atoms with Gasteiger partial charge < -0.3 is 20.5 Å². The number of aliphatic hydroxyl groups is 1. The number of rotatable bonds is 9. The lowest BCUT2D eigenvalue weighted by atomic mass is 10.1. The molecule has 0 radical (unpaired) electrons. The lowest BCUT2D eigenvalue weighted by Gasteiger charge is -2.13. The summed E-state index contributed by atoms with van der Waals surface area (Å²) in [5.74, 6) is 0.845. The molecule has 0 saturated heterocycles.